The molecule has 1 aliphatic rings. The van der Waals surface area contributed by atoms with Crippen LogP contribution in [0, 0.1) is 0 Å². The molecule has 0 aromatic heterocycles. The van der Waals surface area contributed by atoms with E-state index in [1.54, 1.807) is 0 Å². The van der Waals surface area contributed by atoms with E-state index in [1.165, 1.54) is 7.11 Å². The molecule has 1 aromatic rings. The number of thiocarbonyl (C=S) groups is 1. The Labute approximate surface area is 131 Å². The maximum absolute atomic E-state index is 11.6. The van der Waals surface area contributed by atoms with Gasteiger partial charge in [0.15, 0.2) is 6.10 Å². The Bertz CT molecular complexity index is 538. The summed E-state index contributed by atoms with van der Waals surface area (Å²) in [6, 6.07) is 5.69. The first-order valence-corrected chi connectivity index (χ1v) is 7.26. The molecule has 0 amide bonds. The average Bonchev–Trinajstić information content (AvgIpc) is 2.46. The highest BCUT2D eigenvalue weighted by Crippen LogP contribution is 2.27. The lowest BCUT2D eigenvalue weighted by Gasteiger charge is -2.34. The topological polar surface area (TPSA) is 64.8 Å². The predicted octanol–water partition coefficient (Wildman–Crippen LogP) is 1.46. The Morgan fingerprint density at radius 2 is 2.35 bits per heavy atom. The Morgan fingerprint density at radius 1 is 1.60 bits per heavy atom. The van der Waals surface area contributed by atoms with Crippen molar-refractivity contribution >= 4 is 44.8 Å². The van der Waals surface area contributed by atoms with E-state index in [9.17, 15) is 4.79 Å². The molecule has 2 rings (SSSR count). The first-order chi connectivity index (χ1) is 9.52. The zero-order valence-corrected chi connectivity index (χ0v) is 13.4. The lowest BCUT2D eigenvalue weighted by atomic mass is 10.1. The molecule has 1 heterocycles. The molecule has 1 aliphatic heterocycles. The van der Waals surface area contributed by atoms with Gasteiger partial charge in [-0.2, -0.15) is 0 Å². The molecule has 1 fully saturated rings. The molecule has 20 heavy (non-hydrogen) atoms. The zero-order chi connectivity index (χ0) is 14.7. The molecular weight excluding hydrogens is 344 g/mol. The summed E-state index contributed by atoms with van der Waals surface area (Å²) in [6.07, 6.45) is -0.591. The van der Waals surface area contributed by atoms with Crippen LogP contribution < -0.4 is 10.6 Å². The Hall–Kier alpha value is -1.18. The average molecular weight is 359 g/mol. The van der Waals surface area contributed by atoms with Crippen molar-refractivity contribution in [2.75, 3.05) is 31.7 Å². The molecule has 1 aromatic carbocycles. The SMILES string of the molecule is COC(=O)C1CN(c2cc(Br)ccc2C(N)=S)CCO1. The third-order valence-corrected chi connectivity index (χ3v) is 3.81. The number of hydrogen-bond donors (Lipinski definition) is 1. The highest BCUT2D eigenvalue weighted by molar-refractivity contribution is 9.10. The van der Waals surface area contributed by atoms with Crippen molar-refractivity contribution in [2.45, 2.75) is 6.10 Å². The van der Waals surface area contributed by atoms with Crippen molar-refractivity contribution in [3.63, 3.8) is 0 Å². The maximum atomic E-state index is 11.6. The van der Waals surface area contributed by atoms with E-state index >= 15 is 0 Å². The lowest BCUT2D eigenvalue weighted by Crippen LogP contribution is -2.47. The largest absolute Gasteiger partial charge is 0.467 e. The second-order valence-electron chi connectivity index (χ2n) is 4.35. The van der Waals surface area contributed by atoms with Gasteiger partial charge in [0.05, 0.1) is 20.3 Å². The Morgan fingerprint density at radius 3 is 3.00 bits per heavy atom. The number of morpholine rings is 1. The first-order valence-electron chi connectivity index (χ1n) is 6.06. The number of benzene rings is 1. The minimum absolute atomic E-state index is 0.327. The highest BCUT2D eigenvalue weighted by atomic mass is 79.9. The van der Waals surface area contributed by atoms with Crippen LogP contribution in [0.4, 0.5) is 5.69 Å². The van der Waals surface area contributed by atoms with Gasteiger partial charge in [0.2, 0.25) is 0 Å². The van der Waals surface area contributed by atoms with Gasteiger partial charge in [-0.15, -0.1) is 0 Å². The molecule has 0 radical (unpaired) electrons. The minimum atomic E-state index is -0.591. The molecule has 1 saturated heterocycles. The number of hydrogen-bond acceptors (Lipinski definition) is 5. The van der Waals surface area contributed by atoms with Crippen LogP contribution in [0.3, 0.4) is 0 Å². The zero-order valence-electron chi connectivity index (χ0n) is 11.0. The van der Waals surface area contributed by atoms with E-state index in [1.807, 2.05) is 23.1 Å². The van der Waals surface area contributed by atoms with Crippen molar-refractivity contribution in [3.05, 3.63) is 28.2 Å². The summed E-state index contributed by atoms with van der Waals surface area (Å²) in [4.78, 5) is 14.0. The van der Waals surface area contributed by atoms with Gasteiger partial charge in [-0.3, -0.25) is 0 Å². The minimum Gasteiger partial charge on any atom is -0.467 e. The van der Waals surface area contributed by atoms with Gasteiger partial charge in [-0.1, -0.05) is 28.1 Å². The number of nitrogens with two attached hydrogens (primary N) is 1. The van der Waals surface area contributed by atoms with E-state index < -0.39 is 6.10 Å². The molecule has 108 valence electrons. The normalized spacial score (nSPS) is 18.7. The number of anilines is 1. The van der Waals surface area contributed by atoms with Crippen LogP contribution in [-0.4, -0.2) is 43.9 Å². The van der Waals surface area contributed by atoms with Crippen LogP contribution in [0.5, 0.6) is 0 Å². The van der Waals surface area contributed by atoms with Crippen LogP contribution in [0.2, 0.25) is 0 Å². The fraction of sp³-hybridized carbons (Fsp3) is 0.385. The fourth-order valence-corrected chi connectivity index (χ4v) is 2.64. The number of methoxy groups -OCH3 is 1. The smallest absolute Gasteiger partial charge is 0.336 e. The number of carbonyl (C=O) groups excluding carboxylic acids is 1. The van der Waals surface area contributed by atoms with Gasteiger partial charge >= 0.3 is 5.97 Å². The van der Waals surface area contributed by atoms with Gasteiger partial charge in [0.1, 0.15) is 4.99 Å². The number of halogens is 1. The number of esters is 1. The van der Waals surface area contributed by atoms with E-state index in [0.29, 0.717) is 24.7 Å². The van der Waals surface area contributed by atoms with Crippen LogP contribution in [0.1, 0.15) is 5.56 Å². The lowest BCUT2D eigenvalue weighted by molar-refractivity contribution is -0.154. The third-order valence-electron chi connectivity index (χ3n) is 3.10. The molecule has 1 unspecified atom stereocenters. The molecule has 0 spiro atoms. The molecule has 0 aliphatic carbocycles. The van der Waals surface area contributed by atoms with Crippen molar-refractivity contribution in [2.24, 2.45) is 5.73 Å². The number of carbonyl (C=O) groups is 1. The Kier molecular flexibility index (Phi) is 4.95. The van der Waals surface area contributed by atoms with Crippen molar-refractivity contribution in [1.82, 2.24) is 0 Å². The first kappa shape index (κ1) is 15.2. The van der Waals surface area contributed by atoms with Crippen molar-refractivity contribution in [3.8, 4) is 0 Å². The van der Waals surface area contributed by atoms with E-state index in [0.717, 1.165) is 15.7 Å². The van der Waals surface area contributed by atoms with Gasteiger partial charge in [0, 0.05) is 22.3 Å². The second-order valence-corrected chi connectivity index (χ2v) is 5.71. The number of nitrogens with zero attached hydrogens (tertiary/aromatic N) is 1. The molecule has 1 atom stereocenters. The van der Waals surface area contributed by atoms with Gasteiger partial charge in [0.25, 0.3) is 0 Å². The molecule has 0 bridgehead atoms. The van der Waals surface area contributed by atoms with Crippen LogP contribution in [0.15, 0.2) is 22.7 Å². The summed E-state index contributed by atoms with van der Waals surface area (Å²) >= 11 is 8.52. The second kappa shape index (κ2) is 6.51. The standard InChI is InChI=1S/C13H15BrN2O3S/c1-18-13(17)11-7-16(4-5-19-11)10-6-8(14)2-3-9(10)12(15)20/h2-3,6,11H,4-5,7H2,1H3,(H2,15,20). The summed E-state index contributed by atoms with van der Waals surface area (Å²) < 4.78 is 11.1. The fourth-order valence-electron chi connectivity index (χ4n) is 2.12. The van der Waals surface area contributed by atoms with Gasteiger partial charge in [-0.05, 0) is 18.2 Å². The maximum Gasteiger partial charge on any atom is 0.336 e. The van der Waals surface area contributed by atoms with E-state index in [4.69, 9.17) is 27.4 Å². The van der Waals surface area contributed by atoms with Crippen LogP contribution in [-0.2, 0) is 14.3 Å². The van der Waals surface area contributed by atoms with E-state index in [-0.39, 0.29) is 5.97 Å². The summed E-state index contributed by atoms with van der Waals surface area (Å²) in [5.41, 5.74) is 7.44. The van der Waals surface area contributed by atoms with Crippen molar-refractivity contribution in [1.29, 1.82) is 0 Å². The van der Waals surface area contributed by atoms with Gasteiger partial charge in [-0.25, -0.2) is 4.79 Å². The summed E-state index contributed by atoms with van der Waals surface area (Å²) in [6.45, 7) is 1.53. The molecule has 7 heteroatoms. The van der Waals surface area contributed by atoms with Gasteiger partial charge < -0.3 is 20.1 Å². The number of ether oxygens (including phenoxy) is 2. The van der Waals surface area contributed by atoms with Crippen molar-refractivity contribution < 1.29 is 14.3 Å². The van der Waals surface area contributed by atoms with Crippen LogP contribution in [0.25, 0.3) is 0 Å². The quantitative estimate of drug-likeness (QED) is 0.651. The summed E-state index contributed by atoms with van der Waals surface area (Å²) in [5.74, 6) is -0.374. The summed E-state index contributed by atoms with van der Waals surface area (Å²) in [5, 5.41) is 0. The monoisotopic (exact) mass is 358 g/mol. The molecule has 5 nitrogen and oxygen atoms in total. The predicted molar refractivity (Wildman–Crippen MR) is 84.0 cm³/mol. The third kappa shape index (κ3) is 3.28. The molecule has 2 N–H and O–H groups in total. The van der Waals surface area contributed by atoms with E-state index in [2.05, 4.69) is 15.9 Å². The summed E-state index contributed by atoms with van der Waals surface area (Å²) in [7, 11) is 1.35. The molecular formula is C13H15BrN2O3S. The Balaban J connectivity index is 2.28. The molecule has 0 saturated carbocycles. The van der Waals surface area contributed by atoms with Crippen LogP contribution >= 0.6 is 28.1 Å². The highest BCUT2D eigenvalue weighted by Gasteiger charge is 2.28. The number of rotatable bonds is 3.